The third-order valence-corrected chi connectivity index (χ3v) is 6.54. The normalized spacial score (nSPS) is 14.2. The van der Waals surface area contributed by atoms with Gasteiger partial charge in [0.05, 0.1) is 17.7 Å². The summed E-state index contributed by atoms with van der Waals surface area (Å²) in [6.45, 7) is 2.97. The first-order valence-electron chi connectivity index (χ1n) is 8.73. The number of aryl methyl sites for hydroxylation is 1. The van der Waals surface area contributed by atoms with Crippen LogP contribution in [-0.4, -0.2) is 47.5 Å². The van der Waals surface area contributed by atoms with Gasteiger partial charge in [-0.1, -0.05) is 18.7 Å². The molecule has 0 amide bonds. The molecular weight excluding hydrogens is 388 g/mol. The van der Waals surface area contributed by atoms with Gasteiger partial charge in [0.25, 0.3) is 0 Å². The Hall–Kier alpha value is -2.07. The molecule has 2 heterocycles. The van der Waals surface area contributed by atoms with Crippen molar-refractivity contribution >= 4 is 33.3 Å². The Kier molecular flexibility index (Phi) is 5.75. The number of nitrogens with zero attached hydrogens (tertiary/aromatic N) is 3. The lowest BCUT2D eigenvalue weighted by atomic mass is 9.99. The fourth-order valence-electron chi connectivity index (χ4n) is 3.13. The first kappa shape index (κ1) is 19.7. The summed E-state index contributed by atoms with van der Waals surface area (Å²) in [5.74, 6) is 0.0700. The van der Waals surface area contributed by atoms with E-state index in [-0.39, 0.29) is 17.2 Å². The summed E-state index contributed by atoms with van der Waals surface area (Å²) in [4.78, 5) is 24.3. The monoisotopic (exact) mass is 410 g/mol. The third-order valence-electron chi connectivity index (χ3n) is 4.38. The Morgan fingerprint density at radius 1 is 1.37 bits per heavy atom. The van der Waals surface area contributed by atoms with Crippen molar-refractivity contribution in [3.8, 4) is 0 Å². The predicted molar refractivity (Wildman–Crippen MR) is 105 cm³/mol. The number of benzene rings is 1. The molecule has 0 fully saturated rings. The van der Waals surface area contributed by atoms with Crippen LogP contribution in [0.3, 0.4) is 0 Å². The van der Waals surface area contributed by atoms with E-state index in [1.165, 1.54) is 26.9 Å². The maximum Gasteiger partial charge on any atom is 0.343 e. The second-order valence-corrected chi connectivity index (χ2v) is 9.31. The molecule has 2 aromatic rings. The molecule has 10 heteroatoms. The standard InChI is InChI=1S/C17H22N4O4S2/c1-3-8-20-16(23)18-19-17(20)26-11-15(22)13-6-7-14-12(10-13)5-4-9-21(14)27(2,24)25/h6-7,10H,3-5,8-9,11H2,1-2H3,(H,18,23). The molecule has 1 aromatic heterocycles. The fraction of sp³-hybridized carbons (Fsp3) is 0.471. The number of ketones is 1. The van der Waals surface area contributed by atoms with Crippen LogP contribution in [-0.2, 0) is 23.0 Å². The second kappa shape index (κ2) is 7.89. The summed E-state index contributed by atoms with van der Waals surface area (Å²) in [5.41, 5.74) is 1.78. The molecule has 1 aromatic carbocycles. The molecule has 27 heavy (non-hydrogen) atoms. The molecule has 1 aliphatic rings. The molecule has 0 unspecified atom stereocenters. The lowest BCUT2D eigenvalue weighted by Crippen LogP contribution is -2.34. The number of hydrogen-bond acceptors (Lipinski definition) is 6. The number of H-pyrrole nitrogens is 1. The molecule has 0 atom stereocenters. The molecule has 1 N–H and O–H groups in total. The minimum Gasteiger partial charge on any atom is -0.293 e. The highest BCUT2D eigenvalue weighted by molar-refractivity contribution is 7.99. The van der Waals surface area contributed by atoms with Crippen molar-refractivity contribution in [2.75, 3.05) is 22.9 Å². The van der Waals surface area contributed by atoms with Crippen LogP contribution >= 0.6 is 11.8 Å². The molecule has 0 saturated carbocycles. The number of thioether (sulfide) groups is 1. The zero-order chi connectivity index (χ0) is 19.6. The summed E-state index contributed by atoms with van der Waals surface area (Å²) >= 11 is 1.22. The Morgan fingerprint density at radius 2 is 2.15 bits per heavy atom. The second-order valence-electron chi connectivity index (χ2n) is 6.46. The fourth-order valence-corrected chi connectivity index (χ4v) is 4.99. The number of carbonyl (C=O) groups excluding carboxylic acids is 1. The van der Waals surface area contributed by atoms with Crippen molar-refractivity contribution in [2.24, 2.45) is 0 Å². The van der Waals surface area contributed by atoms with Crippen molar-refractivity contribution in [3.05, 3.63) is 39.8 Å². The molecule has 0 radical (unpaired) electrons. The molecule has 3 rings (SSSR count). The first-order valence-corrected chi connectivity index (χ1v) is 11.6. The zero-order valence-electron chi connectivity index (χ0n) is 15.3. The Balaban J connectivity index is 1.76. The van der Waals surface area contributed by atoms with E-state index in [2.05, 4.69) is 10.2 Å². The van der Waals surface area contributed by atoms with Crippen LogP contribution in [0, 0.1) is 0 Å². The number of nitrogens with one attached hydrogen (secondary N) is 1. The van der Waals surface area contributed by atoms with Gasteiger partial charge in [0.1, 0.15) is 0 Å². The average Bonchev–Trinajstić information content (AvgIpc) is 2.98. The molecule has 0 spiro atoms. The lowest BCUT2D eigenvalue weighted by Gasteiger charge is -2.29. The molecular formula is C17H22N4O4S2. The summed E-state index contributed by atoms with van der Waals surface area (Å²) in [6, 6.07) is 5.14. The summed E-state index contributed by atoms with van der Waals surface area (Å²) in [7, 11) is -3.33. The van der Waals surface area contributed by atoms with Gasteiger partial charge in [-0.25, -0.2) is 18.3 Å². The number of aromatic nitrogens is 3. The van der Waals surface area contributed by atoms with Gasteiger partial charge in [-0.15, -0.1) is 5.10 Å². The predicted octanol–water partition coefficient (Wildman–Crippen LogP) is 1.67. The molecule has 0 saturated heterocycles. The number of rotatable bonds is 7. The van der Waals surface area contributed by atoms with E-state index in [0.717, 1.165) is 24.8 Å². The highest BCUT2D eigenvalue weighted by Crippen LogP contribution is 2.30. The van der Waals surface area contributed by atoms with Gasteiger partial charge in [0.15, 0.2) is 10.9 Å². The van der Waals surface area contributed by atoms with Crippen molar-refractivity contribution in [2.45, 2.75) is 37.9 Å². The van der Waals surface area contributed by atoms with Crippen LogP contribution in [0.15, 0.2) is 28.2 Å². The molecule has 1 aliphatic heterocycles. The average molecular weight is 411 g/mol. The van der Waals surface area contributed by atoms with Gasteiger partial charge in [-0.3, -0.25) is 13.7 Å². The van der Waals surface area contributed by atoms with Crippen LogP contribution in [0.2, 0.25) is 0 Å². The maximum atomic E-state index is 12.6. The van der Waals surface area contributed by atoms with Crippen molar-refractivity contribution < 1.29 is 13.2 Å². The van der Waals surface area contributed by atoms with E-state index in [9.17, 15) is 18.0 Å². The largest absolute Gasteiger partial charge is 0.343 e. The number of aromatic amines is 1. The van der Waals surface area contributed by atoms with Crippen molar-refractivity contribution in [1.29, 1.82) is 0 Å². The quantitative estimate of drug-likeness (QED) is 0.550. The van der Waals surface area contributed by atoms with Crippen molar-refractivity contribution in [3.63, 3.8) is 0 Å². The summed E-state index contributed by atoms with van der Waals surface area (Å²) in [6.07, 6.45) is 3.45. The highest BCUT2D eigenvalue weighted by atomic mass is 32.2. The molecule has 146 valence electrons. The Morgan fingerprint density at radius 3 is 2.85 bits per heavy atom. The number of hydrogen-bond donors (Lipinski definition) is 1. The van der Waals surface area contributed by atoms with Crippen LogP contribution < -0.4 is 9.99 Å². The zero-order valence-corrected chi connectivity index (χ0v) is 16.9. The SMILES string of the molecule is CCCn1c(SCC(=O)c2ccc3c(c2)CCCN3S(C)(=O)=O)n[nH]c1=O. The smallest absolute Gasteiger partial charge is 0.293 e. The van der Waals surface area contributed by atoms with Crippen LogP contribution in [0.25, 0.3) is 0 Å². The van der Waals surface area contributed by atoms with Crippen LogP contribution in [0.4, 0.5) is 5.69 Å². The van der Waals surface area contributed by atoms with Crippen LogP contribution in [0.5, 0.6) is 0 Å². The van der Waals surface area contributed by atoms with Gasteiger partial charge in [-0.05, 0) is 43.0 Å². The van der Waals surface area contributed by atoms with E-state index < -0.39 is 10.0 Å². The highest BCUT2D eigenvalue weighted by Gasteiger charge is 2.24. The van der Waals surface area contributed by atoms with Gasteiger partial charge >= 0.3 is 5.69 Å². The molecule has 8 nitrogen and oxygen atoms in total. The topological polar surface area (TPSA) is 105 Å². The Labute approximate surface area is 162 Å². The maximum absolute atomic E-state index is 12.6. The van der Waals surface area contributed by atoms with Gasteiger partial charge in [-0.2, -0.15) is 0 Å². The minimum atomic E-state index is -3.33. The van der Waals surface area contributed by atoms with E-state index in [1.54, 1.807) is 18.2 Å². The van der Waals surface area contributed by atoms with Gasteiger partial charge in [0.2, 0.25) is 10.0 Å². The molecule has 0 aliphatic carbocycles. The van der Waals surface area contributed by atoms with Crippen LogP contribution in [0.1, 0.15) is 35.7 Å². The number of anilines is 1. The number of Topliss-reactive ketones (excluding diaryl/α,β-unsaturated/α-hetero) is 1. The number of carbonyl (C=O) groups is 1. The number of sulfonamides is 1. The van der Waals surface area contributed by atoms with E-state index in [1.807, 2.05) is 6.92 Å². The van der Waals surface area contributed by atoms with Gasteiger partial charge < -0.3 is 0 Å². The Bertz CT molecular complexity index is 1010. The van der Waals surface area contributed by atoms with Gasteiger partial charge in [0, 0.05) is 18.7 Å². The summed E-state index contributed by atoms with van der Waals surface area (Å²) < 4.78 is 26.8. The lowest BCUT2D eigenvalue weighted by molar-refractivity contribution is 0.102. The summed E-state index contributed by atoms with van der Waals surface area (Å²) in [5, 5.41) is 6.88. The first-order chi connectivity index (χ1) is 12.8. The van der Waals surface area contributed by atoms with E-state index in [0.29, 0.717) is 29.5 Å². The number of fused-ring (bicyclic) bond motifs is 1. The van der Waals surface area contributed by atoms with E-state index in [4.69, 9.17) is 0 Å². The van der Waals surface area contributed by atoms with Crippen molar-refractivity contribution in [1.82, 2.24) is 14.8 Å². The molecule has 0 bridgehead atoms. The third kappa shape index (κ3) is 4.27. The van der Waals surface area contributed by atoms with E-state index >= 15 is 0 Å². The minimum absolute atomic E-state index is 0.0854.